The van der Waals surface area contributed by atoms with E-state index in [2.05, 4.69) is 12.2 Å². The van der Waals surface area contributed by atoms with E-state index in [-0.39, 0.29) is 24.1 Å². The van der Waals surface area contributed by atoms with Gasteiger partial charge < -0.3 is 5.32 Å². The highest BCUT2D eigenvalue weighted by molar-refractivity contribution is 7.88. The van der Waals surface area contributed by atoms with E-state index < -0.39 is 10.0 Å². The van der Waals surface area contributed by atoms with Crippen LogP contribution in [0.2, 0.25) is 0 Å². The van der Waals surface area contributed by atoms with E-state index in [1.165, 1.54) is 9.87 Å². The lowest BCUT2D eigenvalue weighted by Gasteiger charge is -2.31. The first-order chi connectivity index (χ1) is 13.0. The Morgan fingerprint density at radius 3 is 2.44 bits per heavy atom. The van der Waals surface area contributed by atoms with Gasteiger partial charge in [-0.3, -0.25) is 4.79 Å². The highest BCUT2D eigenvalue weighted by Crippen LogP contribution is 2.23. The summed E-state index contributed by atoms with van der Waals surface area (Å²) in [5.74, 6) is -0.463. The normalized spacial score (nSPS) is 18.2. The van der Waals surface area contributed by atoms with Crippen LogP contribution in [0.5, 0.6) is 0 Å². The SMILES string of the molecule is CCc1ccc(NC(=O)C2CCCN(S(=O)(=O)Cc3ccccc3)C2)cc1. The summed E-state index contributed by atoms with van der Waals surface area (Å²) in [6.45, 7) is 2.80. The lowest BCUT2D eigenvalue weighted by atomic mass is 9.98. The first kappa shape index (κ1) is 19.6. The molecule has 0 saturated carbocycles. The monoisotopic (exact) mass is 386 g/mol. The Bertz CT molecular complexity index is 864. The molecule has 144 valence electrons. The predicted octanol–water partition coefficient (Wildman–Crippen LogP) is 3.43. The van der Waals surface area contributed by atoms with Crippen LogP contribution in [0, 0.1) is 5.92 Å². The molecule has 2 aromatic carbocycles. The number of benzene rings is 2. The molecule has 0 aromatic heterocycles. The minimum absolute atomic E-state index is 0.0271. The standard InChI is InChI=1S/C21H26N2O3S/c1-2-17-10-12-20(13-11-17)22-21(24)19-9-6-14-23(15-19)27(25,26)16-18-7-4-3-5-8-18/h3-5,7-8,10-13,19H,2,6,9,14-16H2,1H3,(H,22,24). The summed E-state index contributed by atoms with van der Waals surface area (Å²) in [5, 5.41) is 2.92. The summed E-state index contributed by atoms with van der Waals surface area (Å²) in [6.07, 6.45) is 2.35. The molecule has 0 spiro atoms. The van der Waals surface area contributed by atoms with Crippen molar-refractivity contribution in [1.82, 2.24) is 4.31 Å². The molecule has 1 fully saturated rings. The maximum absolute atomic E-state index is 12.7. The number of carbonyl (C=O) groups is 1. The van der Waals surface area contributed by atoms with Crippen LogP contribution in [-0.2, 0) is 27.0 Å². The Kier molecular flexibility index (Phi) is 6.29. The summed E-state index contributed by atoms with van der Waals surface area (Å²) in [7, 11) is -3.43. The van der Waals surface area contributed by atoms with Crippen LogP contribution in [0.1, 0.15) is 30.9 Å². The minimum atomic E-state index is -3.43. The molecular weight excluding hydrogens is 360 g/mol. The fraction of sp³-hybridized carbons (Fsp3) is 0.381. The fourth-order valence-corrected chi connectivity index (χ4v) is 4.96. The number of anilines is 1. The van der Waals surface area contributed by atoms with Crippen molar-refractivity contribution in [3.63, 3.8) is 0 Å². The van der Waals surface area contributed by atoms with E-state index in [4.69, 9.17) is 0 Å². The number of hydrogen-bond acceptors (Lipinski definition) is 3. The van der Waals surface area contributed by atoms with Crippen LogP contribution in [0.25, 0.3) is 0 Å². The fourth-order valence-electron chi connectivity index (χ4n) is 3.35. The van der Waals surface area contributed by atoms with Crippen LogP contribution in [0.15, 0.2) is 54.6 Å². The average Bonchev–Trinajstić information content (AvgIpc) is 2.69. The van der Waals surface area contributed by atoms with E-state index in [1.54, 1.807) is 0 Å². The van der Waals surface area contributed by atoms with Gasteiger partial charge in [-0.2, -0.15) is 0 Å². The molecule has 5 nitrogen and oxygen atoms in total. The third kappa shape index (κ3) is 5.17. The number of nitrogens with one attached hydrogen (secondary N) is 1. The van der Waals surface area contributed by atoms with Gasteiger partial charge in [0.2, 0.25) is 15.9 Å². The molecule has 0 radical (unpaired) electrons. The highest BCUT2D eigenvalue weighted by Gasteiger charge is 2.32. The van der Waals surface area contributed by atoms with Gasteiger partial charge in [-0.15, -0.1) is 0 Å². The van der Waals surface area contributed by atoms with Crippen molar-refractivity contribution in [1.29, 1.82) is 0 Å². The number of rotatable bonds is 6. The molecule has 1 unspecified atom stereocenters. The third-order valence-corrected chi connectivity index (χ3v) is 6.79. The first-order valence-corrected chi connectivity index (χ1v) is 11.0. The molecule has 1 saturated heterocycles. The Morgan fingerprint density at radius 2 is 1.78 bits per heavy atom. The number of aryl methyl sites for hydroxylation is 1. The number of amides is 1. The summed E-state index contributed by atoms with van der Waals surface area (Å²) >= 11 is 0. The molecule has 2 aromatic rings. The predicted molar refractivity (Wildman–Crippen MR) is 108 cm³/mol. The maximum atomic E-state index is 12.7. The van der Waals surface area contributed by atoms with E-state index in [0.717, 1.165) is 17.7 Å². The number of nitrogens with zero attached hydrogens (tertiary/aromatic N) is 1. The van der Waals surface area contributed by atoms with Gasteiger partial charge in [0, 0.05) is 18.8 Å². The first-order valence-electron chi connectivity index (χ1n) is 9.39. The molecule has 1 aliphatic rings. The Hall–Kier alpha value is -2.18. The van der Waals surface area contributed by atoms with Gasteiger partial charge in [0.05, 0.1) is 11.7 Å². The molecule has 1 heterocycles. The molecule has 27 heavy (non-hydrogen) atoms. The number of carbonyl (C=O) groups excluding carboxylic acids is 1. The van der Waals surface area contributed by atoms with Crippen molar-refractivity contribution in [2.45, 2.75) is 31.9 Å². The van der Waals surface area contributed by atoms with Gasteiger partial charge in [0.1, 0.15) is 0 Å². The zero-order valence-corrected chi connectivity index (χ0v) is 16.4. The lowest BCUT2D eigenvalue weighted by Crippen LogP contribution is -2.44. The van der Waals surface area contributed by atoms with Gasteiger partial charge in [-0.1, -0.05) is 49.4 Å². The molecule has 6 heteroatoms. The summed E-state index contributed by atoms with van der Waals surface area (Å²) < 4.78 is 27.0. The smallest absolute Gasteiger partial charge is 0.228 e. The quantitative estimate of drug-likeness (QED) is 0.827. The van der Waals surface area contributed by atoms with Crippen molar-refractivity contribution in [2.75, 3.05) is 18.4 Å². The van der Waals surface area contributed by atoms with E-state index in [1.807, 2.05) is 54.6 Å². The molecule has 3 rings (SSSR count). The van der Waals surface area contributed by atoms with Crippen molar-refractivity contribution in [2.24, 2.45) is 5.92 Å². The topological polar surface area (TPSA) is 66.5 Å². The Labute approximate surface area is 161 Å². The highest BCUT2D eigenvalue weighted by atomic mass is 32.2. The van der Waals surface area contributed by atoms with Gasteiger partial charge in [-0.25, -0.2) is 12.7 Å². The molecular formula is C21H26N2O3S. The second-order valence-corrected chi connectivity index (χ2v) is 8.95. The average molecular weight is 387 g/mol. The molecule has 0 bridgehead atoms. The van der Waals surface area contributed by atoms with Crippen molar-refractivity contribution in [3.8, 4) is 0 Å². The maximum Gasteiger partial charge on any atom is 0.228 e. The van der Waals surface area contributed by atoms with Gasteiger partial charge in [0.15, 0.2) is 0 Å². The van der Waals surface area contributed by atoms with Gasteiger partial charge in [0.25, 0.3) is 0 Å². The second-order valence-electron chi connectivity index (χ2n) is 6.98. The van der Waals surface area contributed by atoms with Crippen LogP contribution in [0.4, 0.5) is 5.69 Å². The van der Waals surface area contributed by atoms with Crippen molar-refractivity contribution >= 4 is 21.6 Å². The van der Waals surface area contributed by atoms with Crippen LogP contribution in [0.3, 0.4) is 0 Å². The number of hydrogen-bond donors (Lipinski definition) is 1. The summed E-state index contributed by atoms with van der Waals surface area (Å²) in [5.41, 5.74) is 2.73. The second kappa shape index (κ2) is 8.67. The number of sulfonamides is 1. The molecule has 0 aliphatic carbocycles. The van der Waals surface area contributed by atoms with Crippen molar-refractivity contribution < 1.29 is 13.2 Å². The zero-order chi connectivity index (χ0) is 19.3. The zero-order valence-electron chi connectivity index (χ0n) is 15.6. The minimum Gasteiger partial charge on any atom is -0.326 e. The molecule has 1 atom stereocenters. The van der Waals surface area contributed by atoms with Crippen molar-refractivity contribution in [3.05, 3.63) is 65.7 Å². The lowest BCUT2D eigenvalue weighted by molar-refractivity contribution is -0.120. The summed E-state index contributed by atoms with van der Waals surface area (Å²) in [4.78, 5) is 12.6. The Balaban J connectivity index is 1.63. The van der Waals surface area contributed by atoms with Crippen LogP contribution < -0.4 is 5.32 Å². The Morgan fingerprint density at radius 1 is 1.07 bits per heavy atom. The van der Waals surface area contributed by atoms with E-state index in [0.29, 0.717) is 19.4 Å². The molecule has 1 N–H and O–H groups in total. The van der Waals surface area contributed by atoms with Gasteiger partial charge in [-0.05, 0) is 42.5 Å². The largest absolute Gasteiger partial charge is 0.326 e. The summed E-state index contributed by atoms with van der Waals surface area (Å²) in [6, 6.07) is 16.9. The van der Waals surface area contributed by atoms with Crippen LogP contribution >= 0.6 is 0 Å². The third-order valence-electron chi connectivity index (χ3n) is 4.97. The molecule has 1 amide bonds. The van der Waals surface area contributed by atoms with E-state index in [9.17, 15) is 13.2 Å². The van der Waals surface area contributed by atoms with Crippen LogP contribution in [-0.4, -0.2) is 31.7 Å². The van der Waals surface area contributed by atoms with E-state index >= 15 is 0 Å². The molecule has 1 aliphatic heterocycles. The van der Waals surface area contributed by atoms with Gasteiger partial charge >= 0.3 is 0 Å². The number of piperidine rings is 1.